The van der Waals surface area contributed by atoms with E-state index < -0.39 is 0 Å². The molecule has 0 aliphatic heterocycles. The normalized spacial score (nSPS) is 11.1. The van der Waals surface area contributed by atoms with Gasteiger partial charge in [0, 0.05) is 45.5 Å². The van der Waals surface area contributed by atoms with E-state index in [1.54, 1.807) is 23.7 Å². The lowest BCUT2D eigenvalue weighted by Gasteiger charge is -1.97. The molecule has 4 aromatic rings. The smallest absolute Gasteiger partial charge is 0.124 e. The minimum absolute atomic E-state index is 1.03. The van der Waals surface area contributed by atoms with Crippen LogP contribution in [0.4, 0.5) is 0 Å². The number of aromatic amines is 1. The van der Waals surface area contributed by atoms with Crippen LogP contribution in [-0.4, -0.2) is 15.0 Å². The van der Waals surface area contributed by atoms with Crippen molar-refractivity contribution in [2.45, 2.75) is 6.92 Å². The molecule has 0 unspecified atom stereocenters. The van der Waals surface area contributed by atoms with Gasteiger partial charge in [-0.05, 0) is 25.1 Å². The van der Waals surface area contributed by atoms with Crippen LogP contribution in [0.5, 0.6) is 0 Å². The van der Waals surface area contributed by atoms with E-state index in [2.05, 4.69) is 40.5 Å². The van der Waals surface area contributed by atoms with Gasteiger partial charge < -0.3 is 4.98 Å². The maximum absolute atomic E-state index is 4.80. The second-order valence-electron chi connectivity index (χ2n) is 4.94. The highest BCUT2D eigenvalue weighted by atomic mass is 32.1. The molecule has 0 spiro atoms. The van der Waals surface area contributed by atoms with Crippen LogP contribution in [0.1, 0.15) is 5.69 Å². The number of H-pyrrole nitrogens is 1. The lowest BCUT2D eigenvalue weighted by molar-refractivity contribution is 1.28. The van der Waals surface area contributed by atoms with Gasteiger partial charge in [0.25, 0.3) is 0 Å². The molecule has 0 amide bonds. The zero-order valence-electron chi connectivity index (χ0n) is 11.5. The number of thiazole rings is 1. The van der Waals surface area contributed by atoms with Crippen LogP contribution in [0, 0.1) is 6.92 Å². The standard InChI is InChI=1S/C17H13N3S/c1-11-16(13-4-2-3-5-14(13)19-11)15-10-21-17(20-15)12-6-8-18-9-7-12/h2-10,19H,1H3. The van der Waals surface area contributed by atoms with Gasteiger partial charge in [0.15, 0.2) is 0 Å². The van der Waals surface area contributed by atoms with Gasteiger partial charge in [-0.1, -0.05) is 18.2 Å². The number of aryl methyl sites for hydroxylation is 1. The molecule has 3 aromatic heterocycles. The first-order valence-electron chi connectivity index (χ1n) is 6.76. The van der Waals surface area contributed by atoms with Gasteiger partial charge in [0.2, 0.25) is 0 Å². The Kier molecular flexibility index (Phi) is 2.82. The van der Waals surface area contributed by atoms with E-state index >= 15 is 0 Å². The number of hydrogen-bond acceptors (Lipinski definition) is 3. The van der Waals surface area contributed by atoms with Gasteiger partial charge >= 0.3 is 0 Å². The van der Waals surface area contributed by atoms with Crippen molar-refractivity contribution in [2.75, 3.05) is 0 Å². The van der Waals surface area contributed by atoms with Gasteiger partial charge in [-0.3, -0.25) is 4.98 Å². The molecule has 0 saturated heterocycles. The van der Waals surface area contributed by atoms with Crippen LogP contribution in [-0.2, 0) is 0 Å². The highest BCUT2D eigenvalue weighted by Gasteiger charge is 2.13. The third-order valence-electron chi connectivity index (χ3n) is 3.58. The Labute approximate surface area is 126 Å². The van der Waals surface area contributed by atoms with E-state index in [1.165, 1.54) is 10.9 Å². The molecule has 21 heavy (non-hydrogen) atoms. The first-order chi connectivity index (χ1) is 10.3. The van der Waals surface area contributed by atoms with Crippen LogP contribution in [0.15, 0.2) is 54.2 Å². The van der Waals surface area contributed by atoms with Crippen molar-refractivity contribution in [3.05, 3.63) is 59.9 Å². The predicted molar refractivity (Wildman–Crippen MR) is 87.4 cm³/mol. The van der Waals surface area contributed by atoms with Crippen LogP contribution in [0.3, 0.4) is 0 Å². The van der Waals surface area contributed by atoms with Crippen LogP contribution in [0.2, 0.25) is 0 Å². The average molecular weight is 291 g/mol. The van der Waals surface area contributed by atoms with E-state index in [9.17, 15) is 0 Å². The summed E-state index contributed by atoms with van der Waals surface area (Å²) >= 11 is 1.67. The summed E-state index contributed by atoms with van der Waals surface area (Å²) in [5, 5.41) is 4.37. The quantitative estimate of drug-likeness (QED) is 0.583. The summed E-state index contributed by atoms with van der Waals surface area (Å²) in [6.45, 7) is 2.10. The predicted octanol–water partition coefficient (Wildman–Crippen LogP) is 4.66. The lowest BCUT2D eigenvalue weighted by atomic mass is 10.1. The van der Waals surface area contributed by atoms with Gasteiger partial charge in [-0.15, -0.1) is 11.3 Å². The summed E-state index contributed by atoms with van der Waals surface area (Å²) in [6, 6.07) is 12.3. The SMILES string of the molecule is Cc1[nH]c2ccccc2c1-c1csc(-c2ccncc2)n1. The molecule has 102 valence electrons. The number of hydrogen-bond donors (Lipinski definition) is 1. The number of rotatable bonds is 2. The zero-order valence-corrected chi connectivity index (χ0v) is 12.3. The number of pyridine rings is 1. The van der Waals surface area contributed by atoms with Crippen LogP contribution in [0.25, 0.3) is 32.7 Å². The van der Waals surface area contributed by atoms with Crippen molar-refractivity contribution in [1.29, 1.82) is 0 Å². The number of fused-ring (bicyclic) bond motifs is 1. The van der Waals surface area contributed by atoms with E-state index in [-0.39, 0.29) is 0 Å². The van der Waals surface area contributed by atoms with Crippen LogP contribution >= 0.6 is 11.3 Å². The van der Waals surface area contributed by atoms with Gasteiger partial charge in [0.05, 0.1) is 5.69 Å². The topological polar surface area (TPSA) is 41.6 Å². The third kappa shape index (κ3) is 2.04. The molecule has 0 aliphatic carbocycles. The monoisotopic (exact) mass is 291 g/mol. The Morgan fingerprint density at radius 1 is 1.05 bits per heavy atom. The molecule has 4 rings (SSSR count). The average Bonchev–Trinajstić information content (AvgIpc) is 3.11. The number of nitrogens with one attached hydrogen (secondary N) is 1. The summed E-state index contributed by atoms with van der Waals surface area (Å²) in [5.41, 5.74) is 5.65. The molecule has 0 radical (unpaired) electrons. The molecule has 0 bridgehead atoms. The minimum atomic E-state index is 1.03. The Morgan fingerprint density at radius 3 is 2.71 bits per heavy atom. The summed E-state index contributed by atoms with van der Waals surface area (Å²) in [7, 11) is 0. The molecule has 3 nitrogen and oxygen atoms in total. The first-order valence-corrected chi connectivity index (χ1v) is 7.64. The van der Waals surface area contributed by atoms with Crippen molar-refractivity contribution >= 4 is 22.2 Å². The van der Waals surface area contributed by atoms with Gasteiger partial charge in [-0.25, -0.2) is 4.98 Å². The maximum Gasteiger partial charge on any atom is 0.124 e. The van der Waals surface area contributed by atoms with E-state index in [0.717, 1.165) is 27.5 Å². The van der Waals surface area contributed by atoms with Gasteiger partial charge in [0.1, 0.15) is 5.01 Å². The fourth-order valence-electron chi connectivity index (χ4n) is 2.62. The van der Waals surface area contributed by atoms with Crippen molar-refractivity contribution in [3.63, 3.8) is 0 Å². The van der Waals surface area contributed by atoms with E-state index in [1.807, 2.05) is 18.2 Å². The summed E-state index contributed by atoms with van der Waals surface area (Å²) < 4.78 is 0. The molecule has 1 aromatic carbocycles. The fraction of sp³-hybridized carbons (Fsp3) is 0.0588. The Balaban J connectivity index is 1.87. The molecule has 1 N–H and O–H groups in total. The molecular formula is C17H13N3S. The maximum atomic E-state index is 4.80. The molecular weight excluding hydrogens is 278 g/mol. The Bertz CT molecular complexity index is 906. The number of benzene rings is 1. The van der Waals surface area contributed by atoms with Crippen LogP contribution < -0.4 is 0 Å². The number of para-hydroxylation sites is 1. The van der Waals surface area contributed by atoms with Crippen molar-refractivity contribution in [3.8, 4) is 21.8 Å². The largest absolute Gasteiger partial charge is 0.358 e. The minimum Gasteiger partial charge on any atom is -0.358 e. The van der Waals surface area contributed by atoms with Gasteiger partial charge in [-0.2, -0.15) is 0 Å². The molecule has 0 aliphatic rings. The van der Waals surface area contributed by atoms with E-state index in [4.69, 9.17) is 4.98 Å². The summed E-state index contributed by atoms with van der Waals surface area (Å²) in [4.78, 5) is 12.3. The lowest BCUT2D eigenvalue weighted by Crippen LogP contribution is -1.81. The van der Waals surface area contributed by atoms with Crippen molar-refractivity contribution in [1.82, 2.24) is 15.0 Å². The van der Waals surface area contributed by atoms with Crippen molar-refractivity contribution in [2.24, 2.45) is 0 Å². The highest BCUT2D eigenvalue weighted by Crippen LogP contribution is 2.34. The summed E-state index contributed by atoms with van der Waals surface area (Å²) in [6.07, 6.45) is 3.60. The number of nitrogens with zero attached hydrogens (tertiary/aromatic N) is 2. The Hall–Kier alpha value is -2.46. The van der Waals surface area contributed by atoms with Crippen molar-refractivity contribution < 1.29 is 0 Å². The molecule has 4 heteroatoms. The highest BCUT2D eigenvalue weighted by molar-refractivity contribution is 7.13. The third-order valence-corrected chi connectivity index (χ3v) is 4.47. The molecule has 0 saturated carbocycles. The second kappa shape index (κ2) is 4.82. The second-order valence-corrected chi connectivity index (χ2v) is 5.80. The fourth-order valence-corrected chi connectivity index (χ4v) is 3.44. The zero-order chi connectivity index (χ0) is 14.2. The number of aromatic nitrogens is 3. The molecule has 0 fully saturated rings. The van der Waals surface area contributed by atoms with E-state index in [0.29, 0.717) is 0 Å². The summed E-state index contributed by atoms with van der Waals surface area (Å²) in [5.74, 6) is 0. The Morgan fingerprint density at radius 2 is 1.86 bits per heavy atom. The molecule has 3 heterocycles. The first kappa shape index (κ1) is 12.3. The molecule has 0 atom stereocenters.